The number of halogens is 1. The molecule has 0 atom stereocenters. The van der Waals surface area contributed by atoms with Gasteiger partial charge in [0.2, 0.25) is 0 Å². The van der Waals surface area contributed by atoms with Gasteiger partial charge in [0.1, 0.15) is 17.5 Å². The first-order valence-corrected chi connectivity index (χ1v) is 7.54. The summed E-state index contributed by atoms with van der Waals surface area (Å²) in [6, 6.07) is 14.9. The van der Waals surface area contributed by atoms with E-state index in [0.29, 0.717) is 28.0 Å². The van der Waals surface area contributed by atoms with Gasteiger partial charge in [-0.3, -0.25) is 0 Å². The third kappa shape index (κ3) is 2.40. The number of anilines is 3. The zero-order valence-electron chi connectivity index (χ0n) is 12.4. The molecule has 0 saturated carbocycles. The van der Waals surface area contributed by atoms with Crippen LogP contribution in [0.5, 0.6) is 0 Å². The first-order valence-electron chi connectivity index (χ1n) is 7.17. The SMILES string of the molecule is Nc1c(Nc2ccccc2Cl)ncnc1-n1nnc2ccccc21. The minimum Gasteiger partial charge on any atom is -0.393 e. The van der Waals surface area contributed by atoms with E-state index in [-0.39, 0.29) is 0 Å². The van der Waals surface area contributed by atoms with Crippen LogP contribution in [0.4, 0.5) is 17.2 Å². The molecule has 24 heavy (non-hydrogen) atoms. The molecule has 3 N–H and O–H groups in total. The molecule has 0 aliphatic rings. The van der Waals surface area contributed by atoms with Gasteiger partial charge in [-0.25, -0.2) is 9.97 Å². The van der Waals surface area contributed by atoms with Crippen molar-refractivity contribution >= 4 is 39.8 Å². The van der Waals surface area contributed by atoms with Crippen molar-refractivity contribution in [2.75, 3.05) is 11.1 Å². The molecule has 0 aliphatic heterocycles. The zero-order valence-corrected chi connectivity index (χ0v) is 13.1. The summed E-state index contributed by atoms with van der Waals surface area (Å²) in [6.45, 7) is 0. The monoisotopic (exact) mass is 337 g/mol. The molecule has 0 fully saturated rings. The van der Waals surface area contributed by atoms with Crippen molar-refractivity contribution in [1.29, 1.82) is 0 Å². The molecular weight excluding hydrogens is 326 g/mol. The predicted octanol–water partition coefficient (Wildman–Crippen LogP) is 3.19. The van der Waals surface area contributed by atoms with Crippen molar-refractivity contribution in [2.45, 2.75) is 0 Å². The van der Waals surface area contributed by atoms with Gasteiger partial charge in [0, 0.05) is 0 Å². The van der Waals surface area contributed by atoms with Gasteiger partial charge in [-0.1, -0.05) is 41.1 Å². The number of para-hydroxylation sites is 2. The quantitative estimate of drug-likeness (QED) is 0.596. The predicted molar refractivity (Wildman–Crippen MR) is 93.6 cm³/mol. The van der Waals surface area contributed by atoms with Crippen molar-refractivity contribution in [3.8, 4) is 5.82 Å². The van der Waals surface area contributed by atoms with Crippen molar-refractivity contribution in [3.05, 3.63) is 59.9 Å². The number of hydrogen-bond acceptors (Lipinski definition) is 6. The Labute approximate surface area is 142 Å². The Morgan fingerprint density at radius 1 is 1.00 bits per heavy atom. The maximum Gasteiger partial charge on any atom is 0.184 e. The van der Waals surface area contributed by atoms with E-state index in [1.807, 2.05) is 42.5 Å². The molecule has 0 radical (unpaired) electrons. The average Bonchev–Trinajstić information content (AvgIpc) is 3.03. The Morgan fingerprint density at radius 2 is 1.79 bits per heavy atom. The third-order valence-electron chi connectivity index (χ3n) is 3.54. The van der Waals surface area contributed by atoms with Crippen molar-refractivity contribution < 1.29 is 0 Å². The van der Waals surface area contributed by atoms with Gasteiger partial charge >= 0.3 is 0 Å². The smallest absolute Gasteiger partial charge is 0.184 e. The lowest BCUT2D eigenvalue weighted by atomic mass is 10.3. The first-order chi connectivity index (χ1) is 11.7. The van der Waals surface area contributed by atoms with E-state index in [1.165, 1.54) is 6.33 Å². The van der Waals surface area contributed by atoms with E-state index in [0.717, 1.165) is 11.0 Å². The standard InChI is InChI=1S/C16H12ClN7/c17-10-5-1-2-6-11(10)21-15-14(18)16(20-9-19-15)24-13-8-4-3-7-12(13)22-23-24/h1-9H,18H2,(H,19,20,21). The van der Waals surface area contributed by atoms with Crippen LogP contribution in [0.15, 0.2) is 54.9 Å². The second-order valence-corrected chi connectivity index (χ2v) is 5.46. The molecule has 8 heteroatoms. The molecule has 118 valence electrons. The maximum absolute atomic E-state index is 6.24. The second kappa shape index (κ2) is 5.78. The summed E-state index contributed by atoms with van der Waals surface area (Å²) in [5.41, 5.74) is 8.88. The summed E-state index contributed by atoms with van der Waals surface area (Å²) in [7, 11) is 0. The highest BCUT2D eigenvalue weighted by molar-refractivity contribution is 6.33. The number of benzene rings is 2. The first kappa shape index (κ1) is 14.4. The van der Waals surface area contributed by atoms with Crippen molar-refractivity contribution in [1.82, 2.24) is 25.0 Å². The number of rotatable bonds is 3. The van der Waals surface area contributed by atoms with E-state index in [4.69, 9.17) is 17.3 Å². The highest BCUT2D eigenvalue weighted by atomic mass is 35.5. The van der Waals surface area contributed by atoms with Crippen molar-refractivity contribution in [3.63, 3.8) is 0 Å². The molecule has 4 rings (SSSR count). The number of nitrogens with zero attached hydrogens (tertiary/aromatic N) is 5. The molecule has 0 unspecified atom stereocenters. The van der Waals surface area contributed by atoms with Crippen LogP contribution in [-0.2, 0) is 0 Å². The Morgan fingerprint density at radius 3 is 2.67 bits per heavy atom. The molecule has 4 aromatic rings. The number of nitrogens with one attached hydrogen (secondary N) is 1. The number of nitrogen functional groups attached to an aromatic ring is 1. The summed E-state index contributed by atoms with van der Waals surface area (Å²) in [5, 5.41) is 11.9. The highest BCUT2D eigenvalue weighted by Crippen LogP contribution is 2.29. The van der Waals surface area contributed by atoms with Crippen LogP contribution in [0.3, 0.4) is 0 Å². The van der Waals surface area contributed by atoms with Gasteiger partial charge in [-0.15, -0.1) is 5.10 Å². The van der Waals surface area contributed by atoms with E-state index in [1.54, 1.807) is 10.7 Å². The Kier molecular flexibility index (Phi) is 3.47. The van der Waals surface area contributed by atoms with Crippen LogP contribution in [0, 0.1) is 0 Å². The van der Waals surface area contributed by atoms with E-state index >= 15 is 0 Å². The molecule has 7 nitrogen and oxygen atoms in total. The summed E-state index contributed by atoms with van der Waals surface area (Å²) < 4.78 is 1.59. The molecule has 0 aliphatic carbocycles. The largest absolute Gasteiger partial charge is 0.393 e. The number of nitrogens with two attached hydrogens (primary N) is 1. The summed E-state index contributed by atoms with van der Waals surface area (Å²) in [5.74, 6) is 0.904. The zero-order chi connectivity index (χ0) is 16.5. The minimum atomic E-state index is 0.355. The van der Waals surface area contributed by atoms with E-state index in [2.05, 4.69) is 25.6 Å². The fourth-order valence-corrected chi connectivity index (χ4v) is 2.55. The lowest BCUT2D eigenvalue weighted by Crippen LogP contribution is -2.08. The lowest BCUT2D eigenvalue weighted by Gasteiger charge is -2.12. The Hall–Kier alpha value is -3.19. The van der Waals surface area contributed by atoms with Crippen molar-refractivity contribution in [2.24, 2.45) is 0 Å². The molecule has 2 aromatic heterocycles. The van der Waals surface area contributed by atoms with Crippen LogP contribution in [-0.4, -0.2) is 25.0 Å². The summed E-state index contributed by atoms with van der Waals surface area (Å²) in [6.07, 6.45) is 1.42. The van der Waals surface area contributed by atoms with Crippen LogP contribution in [0.25, 0.3) is 16.9 Å². The van der Waals surface area contributed by atoms with Crippen LogP contribution >= 0.6 is 11.6 Å². The van der Waals surface area contributed by atoms with Gasteiger partial charge in [0.25, 0.3) is 0 Å². The van der Waals surface area contributed by atoms with Gasteiger partial charge in [0.05, 0.1) is 16.2 Å². The van der Waals surface area contributed by atoms with Gasteiger partial charge in [-0.05, 0) is 24.3 Å². The van der Waals surface area contributed by atoms with E-state index in [9.17, 15) is 0 Å². The fraction of sp³-hybridized carbons (Fsp3) is 0. The highest BCUT2D eigenvalue weighted by Gasteiger charge is 2.14. The molecular formula is C16H12ClN7. The molecule has 2 aromatic carbocycles. The number of fused-ring (bicyclic) bond motifs is 1. The van der Waals surface area contributed by atoms with E-state index < -0.39 is 0 Å². The molecule has 0 bridgehead atoms. The van der Waals surface area contributed by atoms with Gasteiger partial charge in [0.15, 0.2) is 11.6 Å². The molecule has 0 saturated heterocycles. The normalized spacial score (nSPS) is 10.9. The summed E-state index contributed by atoms with van der Waals surface area (Å²) >= 11 is 6.17. The fourth-order valence-electron chi connectivity index (χ4n) is 2.37. The topological polar surface area (TPSA) is 94.5 Å². The lowest BCUT2D eigenvalue weighted by molar-refractivity contribution is 0.800. The molecule has 0 amide bonds. The van der Waals surface area contributed by atoms with Gasteiger partial charge in [-0.2, -0.15) is 4.68 Å². The Bertz CT molecular complexity index is 1030. The average molecular weight is 338 g/mol. The van der Waals surface area contributed by atoms with Gasteiger partial charge < -0.3 is 11.1 Å². The molecule has 0 spiro atoms. The van der Waals surface area contributed by atoms with Crippen LogP contribution < -0.4 is 11.1 Å². The van der Waals surface area contributed by atoms with Crippen LogP contribution in [0.2, 0.25) is 5.02 Å². The maximum atomic E-state index is 6.24. The molecule has 2 heterocycles. The summed E-state index contributed by atoms with van der Waals surface area (Å²) in [4.78, 5) is 8.44. The third-order valence-corrected chi connectivity index (χ3v) is 3.87. The minimum absolute atomic E-state index is 0.355. The Balaban J connectivity index is 1.80. The van der Waals surface area contributed by atoms with Crippen LogP contribution in [0.1, 0.15) is 0 Å². The second-order valence-electron chi connectivity index (χ2n) is 5.05. The number of aromatic nitrogens is 5. The number of hydrogen-bond donors (Lipinski definition) is 2.